The van der Waals surface area contributed by atoms with E-state index in [2.05, 4.69) is 26.2 Å². The third-order valence-corrected chi connectivity index (χ3v) is 6.84. The SMILES string of the molecule is O=C(Nc1ncc(Br)s1)N(C1CCCCC1)C1CCC(C(F)(F)F)CC1. The summed E-state index contributed by atoms with van der Waals surface area (Å²) in [6, 6.07) is -0.242. The molecular formula is C17H23BrF3N3OS. The molecule has 0 unspecified atom stereocenters. The smallest absolute Gasteiger partial charge is 0.319 e. The van der Waals surface area contributed by atoms with Gasteiger partial charge in [-0.25, -0.2) is 9.78 Å². The molecule has 2 saturated carbocycles. The van der Waals surface area contributed by atoms with E-state index in [1.54, 1.807) is 6.20 Å². The number of hydrogen-bond acceptors (Lipinski definition) is 3. The summed E-state index contributed by atoms with van der Waals surface area (Å²) in [6.45, 7) is 0. The number of carbonyl (C=O) groups is 1. The average molecular weight is 454 g/mol. The maximum atomic E-state index is 13.0. The quantitative estimate of drug-likeness (QED) is 0.592. The predicted octanol–water partition coefficient (Wildman–Crippen LogP) is 6.19. The topological polar surface area (TPSA) is 45.2 Å². The zero-order chi connectivity index (χ0) is 18.7. The van der Waals surface area contributed by atoms with Crippen LogP contribution in [0.4, 0.5) is 23.1 Å². The first kappa shape index (κ1) is 19.9. The Labute approximate surface area is 163 Å². The van der Waals surface area contributed by atoms with Gasteiger partial charge in [0.2, 0.25) is 0 Å². The van der Waals surface area contributed by atoms with E-state index in [4.69, 9.17) is 0 Å². The van der Waals surface area contributed by atoms with Gasteiger partial charge in [-0.3, -0.25) is 5.32 Å². The molecule has 0 aliphatic heterocycles. The van der Waals surface area contributed by atoms with E-state index < -0.39 is 12.1 Å². The molecule has 2 fully saturated rings. The van der Waals surface area contributed by atoms with Crippen molar-refractivity contribution in [1.29, 1.82) is 0 Å². The van der Waals surface area contributed by atoms with Crippen LogP contribution in [0.2, 0.25) is 0 Å². The maximum absolute atomic E-state index is 13.0. The molecule has 1 N–H and O–H groups in total. The highest BCUT2D eigenvalue weighted by Gasteiger charge is 2.43. The zero-order valence-electron chi connectivity index (χ0n) is 14.4. The Morgan fingerprint density at radius 1 is 1.12 bits per heavy atom. The minimum absolute atomic E-state index is 0.105. The monoisotopic (exact) mass is 453 g/mol. The van der Waals surface area contributed by atoms with Crippen LogP contribution >= 0.6 is 27.3 Å². The number of nitrogens with one attached hydrogen (secondary N) is 1. The molecule has 2 aliphatic carbocycles. The van der Waals surface area contributed by atoms with Crippen LogP contribution in [-0.4, -0.2) is 34.2 Å². The van der Waals surface area contributed by atoms with Gasteiger partial charge in [-0.2, -0.15) is 13.2 Å². The van der Waals surface area contributed by atoms with Crippen molar-refractivity contribution in [1.82, 2.24) is 9.88 Å². The van der Waals surface area contributed by atoms with Gasteiger partial charge in [-0.05, 0) is 54.5 Å². The van der Waals surface area contributed by atoms with Crippen molar-refractivity contribution in [2.45, 2.75) is 76.0 Å². The molecule has 0 spiro atoms. The Balaban J connectivity index is 1.70. The fourth-order valence-electron chi connectivity index (χ4n) is 4.14. The number of rotatable bonds is 3. The van der Waals surface area contributed by atoms with E-state index in [1.807, 2.05) is 4.90 Å². The van der Waals surface area contributed by atoms with Crippen LogP contribution in [0.3, 0.4) is 0 Å². The molecule has 4 nitrogen and oxygen atoms in total. The van der Waals surface area contributed by atoms with Crippen LogP contribution in [0.15, 0.2) is 9.98 Å². The van der Waals surface area contributed by atoms with E-state index in [1.165, 1.54) is 11.3 Å². The minimum atomic E-state index is -4.13. The van der Waals surface area contributed by atoms with Gasteiger partial charge in [0.05, 0.1) is 15.9 Å². The van der Waals surface area contributed by atoms with Crippen LogP contribution in [0, 0.1) is 5.92 Å². The molecule has 0 aromatic carbocycles. The van der Waals surface area contributed by atoms with Crippen LogP contribution in [0.5, 0.6) is 0 Å². The first-order chi connectivity index (χ1) is 12.3. The maximum Gasteiger partial charge on any atom is 0.391 e. The highest BCUT2D eigenvalue weighted by atomic mass is 79.9. The Kier molecular flexibility index (Phi) is 6.48. The fraction of sp³-hybridized carbons (Fsp3) is 0.765. The van der Waals surface area contributed by atoms with Crippen molar-refractivity contribution >= 4 is 38.4 Å². The van der Waals surface area contributed by atoms with Gasteiger partial charge in [-0.1, -0.05) is 30.6 Å². The van der Waals surface area contributed by atoms with Gasteiger partial charge in [-0.15, -0.1) is 0 Å². The molecule has 1 aromatic heterocycles. The molecule has 0 bridgehead atoms. The number of alkyl halides is 3. The molecule has 0 radical (unpaired) electrons. The zero-order valence-corrected chi connectivity index (χ0v) is 16.8. The molecule has 26 heavy (non-hydrogen) atoms. The Hall–Kier alpha value is -0.830. The van der Waals surface area contributed by atoms with Gasteiger partial charge in [0.15, 0.2) is 5.13 Å². The molecule has 2 amide bonds. The lowest BCUT2D eigenvalue weighted by molar-refractivity contribution is -0.184. The molecule has 9 heteroatoms. The van der Waals surface area contributed by atoms with E-state index >= 15 is 0 Å². The summed E-state index contributed by atoms with van der Waals surface area (Å²) < 4.78 is 39.7. The number of nitrogens with zero attached hydrogens (tertiary/aromatic N) is 2. The number of urea groups is 1. The van der Waals surface area contributed by atoms with Crippen molar-refractivity contribution in [3.05, 3.63) is 9.98 Å². The Bertz CT molecular complexity index is 611. The summed E-state index contributed by atoms with van der Waals surface area (Å²) in [7, 11) is 0. The molecular weight excluding hydrogens is 431 g/mol. The molecule has 1 heterocycles. The summed E-state index contributed by atoms with van der Waals surface area (Å²) in [6.07, 6.45) is 3.67. The number of halogens is 4. The summed E-state index contributed by atoms with van der Waals surface area (Å²) >= 11 is 4.65. The van der Waals surface area contributed by atoms with Crippen molar-refractivity contribution in [2.75, 3.05) is 5.32 Å². The van der Waals surface area contributed by atoms with Gasteiger partial charge < -0.3 is 4.90 Å². The normalized spacial score (nSPS) is 25.1. The number of anilines is 1. The highest BCUT2D eigenvalue weighted by molar-refractivity contribution is 9.11. The number of aromatic nitrogens is 1. The standard InChI is InChI=1S/C17H23BrF3N3OS/c18-14-10-22-15(26-14)23-16(25)24(12-4-2-1-3-5-12)13-8-6-11(7-9-13)17(19,20)21/h10-13H,1-9H2,(H,22,23,25). The van der Waals surface area contributed by atoms with E-state index in [0.717, 1.165) is 35.9 Å². The van der Waals surface area contributed by atoms with Crippen molar-refractivity contribution in [2.24, 2.45) is 5.92 Å². The molecule has 1 aromatic rings. The van der Waals surface area contributed by atoms with Crippen LogP contribution in [0.1, 0.15) is 57.8 Å². The van der Waals surface area contributed by atoms with Crippen molar-refractivity contribution < 1.29 is 18.0 Å². The second-order valence-corrected chi connectivity index (χ2v) is 9.56. The third-order valence-electron chi connectivity index (χ3n) is 5.45. The lowest BCUT2D eigenvalue weighted by atomic mass is 9.83. The first-order valence-electron chi connectivity index (χ1n) is 9.12. The first-order valence-corrected chi connectivity index (χ1v) is 10.7. The summed E-state index contributed by atoms with van der Waals surface area (Å²) in [5.74, 6) is -1.23. The van der Waals surface area contributed by atoms with Crippen LogP contribution in [0.25, 0.3) is 0 Å². The van der Waals surface area contributed by atoms with E-state index in [9.17, 15) is 18.0 Å². The summed E-state index contributed by atoms with van der Waals surface area (Å²) in [4.78, 5) is 18.9. The van der Waals surface area contributed by atoms with Gasteiger partial charge >= 0.3 is 12.2 Å². The molecule has 0 atom stereocenters. The second kappa shape index (κ2) is 8.46. The number of amides is 2. The van der Waals surface area contributed by atoms with E-state index in [0.29, 0.717) is 18.0 Å². The summed E-state index contributed by atoms with van der Waals surface area (Å²) in [5, 5.41) is 3.35. The lowest BCUT2D eigenvalue weighted by Crippen LogP contribution is -2.51. The van der Waals surface area contributed by atoms with Crippen LogP contribution < -0.4 is 5.32 Å². The average Bonchev–Trinajstić information content (AvgIpc) is 3.00. The predicted molar refractivity (Wildman–Crippen MR) is 99.3 cm³/mol. The lowest BCUT2D eigenvalue weighted by Gasteiger charge is -2.42. The van der Waals surface area contributed by atoms with Crippen molar-refractivity contribution in [3.63, 3.8) is 0 Å². The molecule has 3 rings (SSSR count). The number of carbonyl (C=O) groups excluding carboxylic acids is 1. The van der Waals surface area contributed by atoms with Gasteiger partial charge in [0.1, 0.15) is 0 Å². The molecule has 2 aliphatic rings. The van der Waals surface area contributed by atoms with Gasteiger partial charge in [0.25, 0.3) is 0 Å². The Morgan fingerprint density at radius 2 is 1.73 bits per heavy atom. The van der Waals surface area contributed by atoms with E-state index in [-0.39, 0.29) is 31.0 Å². The molecule has 0 saturated heterocycles. The van der Waals surface area contributed by atoms with Crippen LogP contribution in [-0.2, 0) is 0 Å². The van der Waals surface area contributed by atoms with Gasteiger partial charge in [0, 0.05) is 12.1 Å². The third kappa shape index (κ3) is 4.91. The number of hydrogen-bond donors (Lipinski definition) is 1. The fourth-order valence-corrected chi connectivity index (χ4v) is 5.23. The molecule has 146 valence electrons. The summed E-state index contributed by atoms with van der Waals surface area (Å²) in [5.41, 5.74) is 0. The van der Waals surface area contributed by atoms with Crippen molar-refractivity contribution in [3.8, 4) is 0 Å². The number of thiazole rings is 1. The highest BCUT2D eigenvalue weighted by Crippen LogP contribution is 2.40. The second-order valence-electron chi connectivity index (χ2n) is 7.15. The minimum Gasteiger partial charge on any atom is -0.319 e. The Morgan fingerprint density at radius 3 is 2.27 bits per heavy atom. The largest absolute Gasteiger partial charge is 0.391 e.